The molecule has 1 atom stereocenters. The normalized spacial score (nSPS) is 21.1. The second-order valence-corrected chi connectivity index (χ2v) is 9.81. The first-order chi connectivity index (χ1) is 14.6. The van der Waals surface area contributed by atoms with Crippen LogP contribution in [0.2, 0.25) is 0 Å². The van der Waals surface area contributed by atoms with Crippen molar-refractivity contribution in [2.24, 2.45) is 10.9 Å². The second-order valence-electron chi connectivity index (χ2n) is 9.03. The zero-order chi connectivity index (χ0) is 21.3. The van der Waals surface area contributed by atoms with E-state index in [1.54, 1.807) is 11.8 Å². The molecule has 1 saturated carbocycles. The van der Waals surface area contributed by atoms with Gasteiger partial charge >= 0.3 is 0 Å². The molecule has 0 amide bonds. The maximum atomic E-state index is 4.85. The van der Waals surface area contributed by atoms with Gasteiger partial charge in [-0.05, 0) is 44.8 Å². The maximum Gasteiger partial charge on any atom is 0.191 e. The Morgan fingerprint density at radius 1 is 1.23 bits per heavy atom. The van der Waals surface area contributed by atoms with E-state index in [2.05, 4.69) is 57.3 Å². The van der Waals surface area contributed by atoms with Crippen molar-refractivity contribution in [2.75, 3.05) is 32.4 Å². The average molecular weight is 436 g/mol. The molecule has 2 heterocycles. The van der Waals surface area contributed by atoms with Crippen LogP contribution in [-0.2, 0) is 13.0 Å². The number of aryl methyl sites for hydroxylation is 1. The topological polar surface area (TPSA) is 70.4 Å². The first kappa shape index (κ1) is 23.4. The lowest BCUT2D eigenvalue weighted by Crippen LogP contribution is -2.45. The Morgan fingerprint density at radius 3 is 2.73 bits per heavy atom. The number of nitrogens with one attached hydrogen (secondary N) is 2. The smallest absolute Gasteiger partial charge is 0.191 e. The van der Waals surface area contributed by atoms with E-state index in [4.69, 9.17) is 4.99 Å². The predicted molar refractivity (Wildman–Crippen MR) is 126 cm³/mol. The van der Waals surface area contributed by atoms with Gasteiger partial charge < -0.3 is 15.2 Å². The summed E-state index contributed by atoms with van der Waals surface area (Å²) in [4.78, 5) is 7.54. The summed E-state index contributed by atoms with van der Waals surface area (Å²) >= 11 is 1.67. The molecule has 8 heteroatoms. The highest BCUT2D eigenvalue weighted by Crippen LogP contribution is 2.26. The molecule has 1 unspecified atom stereocenters. The SMILES string of the molecule is CCNC(=NCCCc1nnc(SC)n1CC(C)C)NC1CCN(C2CCCC2)C1. The molecule has 0 spiro atoms. The molecule has 1 aliphatic heterocycles. The van der Waals surface area contributed by atoms with E-state index in [0.717, 1.165) is 62.0 Å². The third kappa shape index (κ3) is 6.61. The number of hydrogen-bond donors (Lipinski definition) is 2. The van der Waals surface area contributed by atoms with Crippen molar-refractivity contribution in [3.63, 3.8) is 0 Å². The van der Waals surface area contributed by atoms with Gasteiger partial charge in [-0.1, -0.05) is 38.5 Å². The quantitative estimate of drug-likeness (QED) is 0.255. The van der Waals surface area contributed by atoms with Crippen LogP contribution < -0.4 is 10.6 Å². The molecule has 2 N–H and O–H groups in total. The van der Waals surface area contributed by atoms with Crippen molar-refractivity contribution in [2.45, 2.75) is 89.5 Å². The molecular formula is C22H41N7S. The van der Waals surface area contributed by atoms with Gasteiger partial charge in [0, 0.05) is 51.2 Å². The minimum Gasteiger partial charge on any atom is -0.357 e. The average Bonchev–Trinajstić information content (AvgIpc) is 3.46. The maximum absolute atomic E-state index is 4.85. The molecule has 0 bridgehead atoms. The predicted octanol–water partition coefficient (Wildman–Crippen LogP) is 3.16. The van der Waals surface area contributed by atoms with Gasteiger partial charge in [0.2, 0.25) is 0 Å². The lowest BCUT2D eigenvalue weighted by molar-refractivity contribution is 0.242. The largest absolute Gasteiger partial charge is 0.357 e. The molecule has 1 aliphatic carbocycles. The summed E-state index contributed by atoms with van der Waals surface area (Å²) in [6.45, 7) is 11.7. The number of likely N-dealkylation sites (tertiary alicyclic amines) is 1. The Balaban J connectivity index is 1.48. The van der Waals surface area contributed by atoms with Crippen LogP contribution in [0.3, 0.4) is 0 Å². The van der Waals surface area contributed by atoms with Crippen molar-refractivity contribution < 1.29 is 0 Å². The minimum absolute atomic E-state index is 0.515. The minimum atomic E-state index is 0.515. The van der Waals surface area contributed by atoms with Crippen LogP contribution >= 0.6 is 11.8 Å². The molecule has 7 nitrogen and oxygen atoms in total. The van der Waals surface area contributed by atoms with Crippen LogP contribution in [0.5, 0.6) is 0 Å². The lowest BCUT2D eigenvalue weighted by Gasteiger charge is -2.24. The summed E-state index contributed by atoms with van der Waals surface area (Å²) in [5.74, 6) is 2.64. The fraction of sp³-hybridized carbons (Fsp3) is 0.864. The van der Waals surface area contributed by atoms with Crippen molar-refractivity contribution in [1.29, 1.82) is 0 Å². The molecule has 1 aromatic rings. The third-order valence-corrected chi connectivity index (χ3v) is 6.77. The highest BCUT2D eigenvalue weighted by atomic mass is 32.2. The molecule has 2 aliphatic rings. The summed E-state index contributed by atoms with van der Waals surface area (Å²) in [6.07, 6.45) is 10.8. The van der Waals surface area contributed by atoms with Crippen LogP contribution in [-0.4, -0.2) is 70.1 Å². The second kappa shape index (κ2) is 11.9. The first-order valence-electron chi connectivity index (χ1n) is 11.9. The van der Waals surface area contributed by atoms with Gasteiger partial charge in [0.15, 0.2) is 11.1 Å². The van der Waals surface area contributed by atoms with Gasteiger partial charge in [-0.3, -0.25) is 9.89 Å². The number of guanidine groups is 1. The molecule has 0 radical (unpaired) electrons. The highest BCUT2D eigenvalue weighted by molar-refractivity contribution is 7.98. The Hall–Kier alpha value is -1.28. The summed E-state index contributed by atoms with van der Waals surface area (Å²) in [5.41, 5.74) is 0. The molecule has 0 aromatic carbocycles. The van der Waals surface area contributed by atoms with Crippen molar-refractivity contribution in [1.82, 2.24) is 30.3 Å². The Bertz CT molecular complexity index is 666. The molecule has 2 fully saturated rings. The van der Waals surface area contributed by atoms with Crippen LogP contribution in [0.15, 0.2) is 10.1 Å². The van der Waals surface area contributed by atoms with Crippen LogP contribution in [0.25, 0.3) is 0 Å². The Kier molecular flexibility index (Phi) is 9.30. The zero-order valence-electron chi connectivity index (χ0n) is 19.4. The number of aromatic nitrogens is 3. The number of aliphatic imine (C=N–C) groups is 1. The Labute approximate surface area is 186 Å². The number of hydrogen-bond acceptors (Lipinski definition) is 5. The van der Waals surface area contributed by atoms with E-state index in [-0.39, 0.29) is 0 Å². The molecular weight excluding hydrogens is 394 g/mol. The van der Waals surface area contributed by atoms with Crippen LogP contribution in [0, 0.1) is 5.92 Å². The summed E-state index contributed by atoms with van der Waals surface area (Å²) in [5, 5.41) is 16.9. The van der Waals surface area contributed by atoms with Crippen LogP contribution in [0.4, 0.5) is 0 Å². The van der Waals surface area contributed by atoms with Crippen molar-refractivity contribution in [3.05, 3.63) is 5.82 Å². The van der Waals surface area contributed by atoms with Crippen molar-refractivity contribution >= 4 is 17.7 Å². The number of thioether (sulfide) groups is 1. The summed E-state index contributed by atoms with van der Waals surface area (Å²) < 4.78 is 2.28. The van der Waals surface area contributed by atoms with E-state index >= 15 is 0 Å². The summed E-state index contributed by atoms with van der Waals surface area (Å²) in [6, 6.07) is 1.34. The standard InChI is InChI=1S/C22H41N7S/c1-5-23-21(25-18-12-14-28(16-18)19-9-6-7-10-19)24-13-8-11-20-26-27-22(30-4)29(20)15-17(2)3/h17-19H,5-16H2,1-4H3,(H2,23,24,25). The van der Waals surface area contributed by atoms with E-state index in [1.165, 1.54) is 38.6 Å². The fourth-order valence-corrected chi connectivity index (χ4v) is 5.17. The van der Waals surface area contributed by atoms with Gasteiger partial charge in [0.05, 0.1) is 0 Å². The van der Waals surface area contributed by atoms with Crippen LogP contribution in [0.1, 0.15) is 65.1 Å². The van der Waals surface area contributed by atoms with Gasteiger partial charge in [0.1, 0.15) is 5.82 Å². The van der Waals surface area contributed by atoms with E-state index < -0.39 is 0 Å². The van der Waals surface area contributed by atoms with Crippen molar-refractivity contribution in [3.8, 4) is 0 Å². The fourth-order valence-electron chi connectivity index (χ4n) is 4.65. The first-order valence-corrected chi connectivity index (χ1v) is 13.1. The van der Waals surface area contributed by atoms with Gasteiger partial charge in [-0.25, -0.2) is 0 Å². The highest BCUT2D eigenvalue weighted by Gasteiger charge is 2.30. The summed E-state index contributed by atoms with van der Waals surface area (Å²) in [7, 11) is 0. The number of rotatable bonds is 10. The molecule has 1 aromatic heterocycles. The molecule has 170 valence electrons. The van der Waals surface area contributed by atoms with Gasteiger partial charge in [-0.15, -0.1) is 10.2 Å². The zero-order valence-corrected chi connectivity index (χ0v) is 20.2. The lowest BCUT2D eigenvalue weighted by atomic mass is 10.2. The molecule has 30 heavy (non-hydrogen) atoms. The van der Waals surface area contributed by atoms with Gasteiger partial charge in [0.25, 0.3) is 0 Å². The van der Waals surface area contributed by atoms with E-state index in [0.29, 0.717) is 12.0 Å². The molecule has 1 saturated heterocycles. The monoisotopic (exact) mass is 435 g/mol. The number of nitrogens with zero attached hydrogens (tertiary/aromatic N) is 5. The van der Waals surface area contributed by atoms with Gasteiger partial charge in [-0.2, -0.15) is 0 Å². The van der Waals surface area contributed by atoms with E-state index in [1.807, 2.05) is 0 Å². The third-order valence-electron chi connectivity index (χ3n) is 6.10. The van der Waals surface area contributed by atoms with E-state index in [9.17, 15) is 0 Å². The Morgan fingerprint density at radius 2 is 2.03 bits per heavy atom. The molecule has 3 rings (SSSR count).